The number of nitrogens with one attached hydrogen (secondary N) is 2. The Bertz CT molecular complexity index is 1230. The lowest BCUT2D eigenvalue weighted by molar-refractivity contribution is -0.387. The molecule has 12 heteroatoms. The van der Waals surface area contributed by atoms with Gasteiger partial charge in [0.1, 0.15) is 12.1 Å². The standard InChI is InChI=1S/C24H29N5O6S/c25-12-6-5-9-18(24(32)33)27-22(31)21(30)16(26)13-15-14-7-1-2-8-17(14)28-23(15)36-20-11-4-3-10-19(20)29(34)35/h1-4,7-8,10-11,16,18,21,28,30H,5-6,9,12-13,25-26H2,(H,27,31)(H,32,33)/t16-,18-,21-/m1/s1. The number of fused-ring (bicyclic) bond motifs is 1. The van der Waals surface area contributed by atoms with Gasteiger partial charge in [0.15, 0.2) is 0 Å². The largest absolute Gasteiger partial charge is 0.480 e. The highest BCUT2D eigenvalue weighted by Crippen LogP contribution is 2.39. The summed E-state index contributed by atoms with van der Waals surface area (Å²) >= 11 is 1.16. The number of carbonyl (C=O) groups is 2. The number of amides is 1. The molecule has 192 valence electrons. The fourth-order valence-electron chi connectivity index (χ4n) is 3.82. The van der Waals surface area contributed by atoms with E-state index in [4.69, 9.17) is 11.5 Å². The minimum atomic E-state index is -1.67. The molecule has 0 aliphatic carbocycles. The number of rotatable bonds is 13. The Morgan fingerprint density at radius 2 is 1.83 bits per heavy atom. The smallest absolute Gasteiger partial charge is 0.326 e. The number of benzene rings is 2. The summed E-state index contributed by atoms with van der Waals surface area (Å²) in [5.74, 6) is -2.09. The van der Waals surface area contributed by atoms with Crippen molar-refractivity contribution >= 4 is 40.2 Å². The van der Waals surface area contributed by atoms with Crippen LogP contribution in [0.15, 0.2) is 58.5 Å². The molecule has 3 rings (SSSR count). The first-order valence-electron chi connectivity index (χ1n) is 11.4. The molecule has 0 aliphatic heterocycles. The number of hydrogen-bond acceptors (Lipinski definition) is 8. The first kappa shape index (κ1) is 27.1. The molecule has 8 N–H and O–H groups in total. The van der Waals surface area contributed by atoms with Crippen LogP contribution in [0.5, 0.6) is 0 Å². The van der Waals surface area contributed by atoms with Crippen molar-refractivity contribution in [2.45, 2.75) is 53.8 Å². The van der Waals surface area contributed by atoms with E-state index < -0.39 is 35.0 Å². The number of carboxylic acids is 1. The van der Waals surface area contributed by atoms with E-state index in [1.54, 1.807) is 18.2 Å². The molecule has 0 radical (unpaired) electrons. The number of aliphatic hydroxyl groups is 1. The average Bonchev–Trinajstić information content (AvgIpc) is 3.19. The zero-order valence-corrected chi connectivity index (χ0v) is 20.2. The second kappa shape index (κ2) is 12.5. The number of H-pyrrole nitrogens is 1. The summed E-state index contributed by atoms with van der Waals surface area (Å²) < 4.78 is 0. The minimum absolute atomic E-state index is 0.0508. The molecule has 0 unspecified atom stereocenters. The van der Waals surface area contributed by atoms with E-state index in [1.165, 1.54) is 6.07 Å². The van der Waals surface area contributed by atoms with E-state index in [0.29, 0.717) is 34.9 Å². The van der Waals surface area contributed by atoms with Gasteiger partial charge in [-0.3, -0.25) is 14.9 Å². The number of para-hydroxylation sites is 2. The summed E-state index contributed by atoms with van der Waals surface area (Å²) in [4.78, 5) is 38.8. The molecule has 36 heavy (non-hydrogen) atoms. The minimum Gasteiger partial charge on any atom is -0.480 e. The summed E-state index contributed by atoms with van der Waals surface area (Å²) in [6.07, 6.45) is -0.301. The van der Waals surface area contributed by atoms with Crippen LogP contribution in [-0.4, -0.2) is 56.7 Å². The first-order valence-corrected chi connectivity index (χ1v) is 12.2. The lowest BCUT2D eigenvalue weighted by Crippen LogP contribution is -2.52. The van der Waals surface area contributed by atoms with Crippen LogP contribution in [0, 0.1) is 10.1 Å². The van der Waals surface area contributed by atoms with Crippen LogP contribution >= 0.6 is 11.8 Å². The number of aromatic nitrogens is 1. The number of aromatic amines is 1. The van der Waals surface area contributed by atoms with E-state index in [9.17, 15) is 29.9 Å². The monoisotopic (exact) mass is 515 g/mol. The van der Waals surface area contributed by atoms with Crippen molar-refractivity contribution in [2.75, 3.05) is 6.54 Å². The number of aliphatic hydroxyl groups excluding tert-OH is 1. The highest BCUT2D eigenvalue weighted by atomic mass is 32.2. The van der Waals surface area contributed by atoms with Crippen molar-refractivity contribution in [3.05, 3.63) is 64.2 Å². The highest BCUT2D eigenvalue weighted by Gasteiger charge is 2.29. The van der Waals surface area contributed by atoms with Crippen LogP contribution in [0.1, 0.15) is 24.8 Å². The predicted octanol–water partition coefficient (Wildman–Crippen LogP) is 2.16. The third-order valence-electron chi connectivity index (χ3n) is 5.72. The lowest BCUT2D eigenvalue weighted by Gasteiger charge is -2.21. The molecule has 3 aromatic rings. The van der Waals surface area contributed by atoms with Gasteiger partial charge in [-0.05, 0) is 49.9 Å². The number of nitrogens with zero attached hydrogens (tertiary/aromatic N) is 1. The molecule has 2 aromatic carbocycles. The Morgan fingerprint density at radius 1 is 1.14 bits per heavy atom. The van der Waals surface area contributed by atoms with E-state index in [1.807, 2.05) is 24.3 Å². The molecule has 0 spiro atoms. The summed E-state index contributed by atoms with van der Waals surface area (Å²) in [5, 5.41) is 35.2. The van der Waals surface area contributed by atoms with E-state index >= 15 is 0 Å². The van der Waals surface area contributed by atoms with Crippen LogP contribution < -0.4 is 16.8 Å². The molecule has 0 saturated heterocycles. The Kier molecular flexibility index (Phi) is 9.42. The topological polar surface area (TPSA) is 198 Å². The van der Waals surface area contributed by atoms with E-state index in [-0.39, 0.29) is 18.5 Å². The van der Waals surface area contributed by atoms with Crippen molar-refractivity contribution in [2.24, 2.45) is 11.5 Å². The predicted molar refractivity (Wildman–Crippen MR) is 136 cm³/mol. The second-order valence-corrected chi connectivity index (χ2v) is 9.35. The maximum atomic E-state index is 12.6. The zero-order valence-electron chi connectivity index (χ0n) is 19.4. The first-order chi connectivity index (χ1) is 17.2. The second-order valence-electron chi connectivity index (χ2n) is 8.30. The number of carbonyl (C=O) groups excluding carboxylic acids is 1. The molecule has 1 aromatic heterocycles. The van der Waals surface area contributed by atoms with Crippen molar-refractivity contribution in [1.29, 1.82) is 0 Å². The van der Waals surface area contributed by atoms with Crippen molar-refractivity contribution < 1.29 is 24.7 Å². The van der Waals surface area contributed by atoms with Gasteiger partial charge in [0.25, 0.3) is 11.6 Å². The summed E-state index contributed by atoms with van der Waals surface area (Å²) in [6.45, 7) is 0.408. The summed E-state index contributed by atoms with van der Waals surface area (Å²) in [6, 6.07) is 11.5. The third kappa shape index (κ3) is 6.61. The van der Waals surface area contributed by atoms with Gasteiger partial charge in [-0.15, -0.1) is 0 Å². The fourth-order valence-corrected chi connectivity index (χ4v) is 4.91. The number of aliphatic carboxylic acids is 1. The van der Waals surface area contributed by atoms with Crippen LogP contribution in [0.25, 0.3) is 10.9 Å². The molecule has 0 aliphatic rings. The van der Waals surface area contributed by atoms with Gasteiger partial charge in [0.2, 0.25) is 0 Å². The molecular formula is C24H29N5O6S. The molecule has 3 atom stereocenters. The molecule has 1 heterocycles. The number of hydrogen-bond donors (Lipinski definition) is 6. The van der Waals surface area contributed by atoms with Crippen LogP contribution in [0.2, 0.25) is 0 Å². The van der Waals surface area contributed by atoms with E-state index in [2.05, 4.69) is 10.3 Å². The van der Waals surface area contributed by atoms with Crippen LogP contribution in [0.3, 0.4) is 0 Å². The number of nitrogens with two attached hydrogens (primary N) is 2. The maximum Gasteiger partial charge on any atom is 0.326 e. The van der Waals surface area contributed by atoms with Crippen molar-refractivity contribution in [3.63, 3.8) is 0 Å². The average molecular weight is 516 g/mol. The Labute approximate surface area is 211 Å². The maximum absolute atomic E-state index is 12.6. The van der Waals surface area contributed by atoms with Crippen LogP contribution in [-0.2, 0) is 16.0 Å². The molecule has 11 nitrogen and oxygen atoms in total. The number of carboxylic acid groups (broad SMARTS) is 1. The highest BCUT2D eigenvalue weighted by molar-refractivity contribution is 7.99. The van der Waals surface area contributed by atoms with Crippen molar-refractivity contribution in [1.82, 2.24) is 10.3 Å². The van der Waals surface area contributed by atoms with Crippen molar-refractivity contribution in [3.8, 4) is 0 Å². The molecule has 0 bridgehead atoms. The third-order valence-corrected chi connectivity index (χ3v) is 6.84. The normalized spacial score (nSPS) is 13.8. The Hall–Kier alpha value is -3.45. The Morgan fingerprint density at radius 3 is 2.53 bits per heavy atom. The van der Waals surface area contributed by atoms with E-state index in [0.717, 1.165) is 22.7 Å². The summed E-state index contributed by atoms with van der Waals surface area (Å²) in [7, 11) is 0. The lowest BCUT2D eigenvalue weighted by atomic mass is 10.0. The number of nitro benzene ring substituents is 1. The van der Waals surface area contributed by atoms with Gasteiger partial charge in [0.05, 0.1) is 14.8 Å². The number of nitro groups is 1. The van der Waals surface area contributed by atoms with Gasteiger partial charge in [-0.1, -0.05) is 42.1 Å². The van der Waals surface area contributed by atoms with Crippen LogP contribution in [0.4, 0.5) is 5.69 Å². The van der Waals surface area contributed by atoms with Gasteiger partial charge >= 0.3 is 5.97 Å². The van der Waals surface area contributed by atoms with Gasteiger partial charge in [0, 0.05) is 23.0 Å². The van der Waals surface area contributed by atoms with Gasteiger partial charge < -0.3 is 32.0 Å². The molecule has 1 amide bonds. The fraction of sp³-hybridized carbons (Fsp3) is 0.333. The zero-order chi connectivity index (χ0) is 26.2. The molecule has 0 saturated carbocycles. The molecule has 0 fully saturated rings. The summed E-state index contributed by atoms with van der Waals surface area (Å²) in [5.41, 5.74) is 13.1. The number of unbranched alkanes of at least 4 members (excludes halogenated alkanes) is 1. The molecular weight excluding hydrogens is 486 g/mol. The van der Waals surface area contributed by atoms with Gasteiger partial charge in [-0.2, -0.15) is 0 Å². The Balaban J connectivity index is 1.82. The van der Waals surface area contributed by atoms with Gasteiger partial charge in [-0.25, -0.2) is 4.79 Å². The quantitative estimate of drug-likeness (QED) is 0.112. The SMILES string of the molecule is NCCCC[C@@H](NC(=O)[C@H](O)[C@H](N)Cc1c(Sc2ccccc2[N+](=O)[O-])[nH]c2ccccc12)C(=O)O.